The van der Waals surface area contributed by atoms with Crippen LogP contribution in [0.5, 0.6) is 0 Å². The highest BCUT2D eigenvalue weighted by Gasteiger charge is 2.29. The Balaban J connectivity index is 1.30. The summed E-state index contributed by atoms with van der Waals surface area (Å²) in [5, 5.41) is 14.9. The summed E-state index contributed by atoms with van der Waals surface area (Å²) in [4.78, 5) is 0. The van der Waals surface area contributed by atoms with Crippen molar-refractivity contribution >= 4 is 40.6 Å². The highest BCUT2D eigenvalue weighted by molar-refractivity contribution is 7.80. The smallest absolute Gasteiger partial charge is 0.191 e. The van der Waals surface area contributed by atoms with Crippen LogP contribution in [0.3, 0.4) is 0 Å². The van der Waals surface area contributed by atoms with Crippen molar-refractivity contribution in [3.8, 4) is 0 Å². The van der Waals surface area contributed by atoms with Crippen LogP contribution in [-0.4, -0.2) is 17.0 Å². The van der Waals surface area contributed by atoms with Gasteiger partial charge in [-0.05, 0) is 53.2 Å². The minimum absolute atomic E-state index is 0.147. The van der Waals surface area contributed by atoms with E-state index in [1.54, 1.807) is 6.21 Å². The van der Waals surface area contributed by atoms with Crippen molar-refractivity contribution in [2.75, 3.05) is 10.3 Å². The molecule has 0 aromatic heterocycles. The Morgan fingerprint density at radius 3 is 2.14 bits per heavy atom. The number of benzene rings is 4. The molecule has 2 N–H and O–H groups in total. The van der Waals surface area contributed by atoms with Crippen LogP contribution in [0.4, 0.5) is 11.4 Å². The van der Waals surface area contributed by atoms with Gasteiger partial charge in [0.25, 0.3) is 0 Å². The van der Waals surface area contributed by atoms with Crippen LogP contribution in [0.25, 0.3) is 0 Å². The van der Waals surface area contributed by atoms with Crippen LogP contribution >= 0.6 is 12.2 Å². The van der Waals surface area contributed by atoms with Gasteiger partial charge in [0.05, 0.1) is 23.7 Å². The third kappa shape index (κ3) is 5.62. The van der Waals surface area contributed by atoms with Crippen LogP contribution in [0.15, 0.2) is 125 Å². The van der Waals surface area contributed by atoms with Gasteiger partial charge in [0.15, 0.2) is 5.11 Å². The number of hydrogen-bond donors (Lipinski definition) is 2. The third-order valence-corrected chi connectivity index (χ3v) is 5.96. The SMILES string of the molecule is S=C(NN=Cc1ccc(N2N=C(c3ccccc3)CC2c2ccccc2)cc1)Nc1ccccc1. The fraction of sp³-hybridized carbons (Fsp3) is 0.0690. The van der Waals surface area contributed by atoms with Crippen LogP contribution in [0.1, 0.15) is 29.2 Å². The summed E-state index contributed by atoms with van der Waals surface area (Å²) in [7, 11) is 0. The molecule has 172 valence electrons. The largest absolute Gasteiger partial charge is 0.331 e. The topological polar surface area (TPSA) is 52.0 Å². The molecule has 0 saturated carbocycles. The highest BCUT2D eigenvalue weighted by Crippen LogP contribution is 2.36. The van der Waals surface area contributed by atoms with E-state index in [1.165, 1.54) is 5.56 Å². The second kappa shape index (κ2) is 10.8. The quantitative estimate of drug-likeness (QED) is 0.193. The Kier molecular flexibility index (Phi) is 6.92. The van der Waals surface area contributed by atoms with Gasteiger partial charge in [-0.1, -0.05) is 91.0 Å². The van der Waals surface area contributed by atoms with E-state index in [1.807, 2.05) is 54.6 Å². The molecule has 0 aliphatic carbocycles. The molecule has 0 amide bonds. The van der Waals surface area contributed by atoms with Gasteiger partial charge in [-0.15, -0.1) is 0 Å². The zero-order valence-electron chi connectivity index (χ0n) is 19.1. The maximum Gasteiger partial charge on any atom is 0.191 e. The molecule has 0 bridgehead atoms. The summed E-state index contributed by atoms with van der Waals surface area (Å²) in [6, 6.07) is 39.1. The van der Waals surface area contributed by atoms with E-state index < -0.39 is 0 Å². The summed E-state index contributed by atoms with van der Waals surface area (Å²) in [5.74, 6) is 0. The monoisotopic (exact) mass is 475 g/mol. The van der Waals surface area contributed by atoms with E-state index in [9.17, 15) is 0 Å². The first-order valence-corrected chi connectivity index (χ1v) is 11.9. The van der Waals surface area contributed by atoms with Crippen LogP contribution in [0, 0.1) is 0 Å². The zero-order valence-corrected chi connectivity index (χ0v) is 19.9. The molecule has 0 saturated heterocycles. The van der Waals surface area contributed by atoms with E-state index in [-0.39, 0.29) is 6.04 Å². The molecule has 1 aliphatic heterocycles. The Bertz CT molecular complexity index is 1320. The van der Waals surface area contributed by atoms with E-state index in [4.69, 9.17) is 17.3 Å². The van der Waals surface area contributed by atoms with Crippen molar-refractivity contribution in [3.05, 3.63) is 132 Å². The van der Waals surface area contributed by atoms with Crippen molar-refractivity contribution in [3.63, 3.8) is 0 Å². The first-order chi connectivity index (χ1) is 17.3. The minimum atomic E-state index is 0.147. The molecule has 0 fully saturated rings. The predicted molar refractivity (Wildman–Crippen MR) is 149 cm³/mol. The molecular weight excluding hydrogens is 450 g/mol. The highest BCUT2D eigenvalue weighted by atomic mass is 32.1. The zero-order chi connectivity index (χ0) is 23.9. The van der Waals surface area contributed by atoms with E-state index in [0.29, 0.717) is 5.11 Å². The van der Waals surface area contributed by atoms with Crippen molar-refractivity contribution < 1.29 is 0 Å². The molecule has 5 nitrogen and oxygen atoms in total. The van der Waals surface area contributed by atoms with Crippen molar-refractivity contribution in [2.24, 2.45) is 10.2 Å². The summed E-state index contributed by atoms with van der Waals surface area (Å²) >= 11 is 5.30. The maximum atomic E-state index is 5.30. The molecule has 1 unspecified atom stereocenters. The normalized spacial score (nSPS) is 15.1. The lowest BCUT2D eigenvalue weighted by atomic mass is 9.98. The molecule has 35 heavy (non-hydrogen) atoms. The first-order valence-electron chi connectivity index (χ1n) is 11.5. The molecule has 5 rings (SSSR count). The van der Waals surface area contributed by atoms with Crippen molar-refractivity contribution in [1.29, 1.82) is 0 Å². The number of nitrogens with one attached hydrogen (secondary N) is 2. The first kappa shape index (κ1) is 22.5. The third-order valence-electron chi connectivity index (χ3n) is 5.77. The summed E-state index contributed by atoms with van der Waals surface area (Å²) < 4.78 is 0. The number of hydrazone groups is 2. The predicted octanol–water partition coefficient (Wildman–Crippen LogP) is 6.36. The molecule has 1 aliphatic rings. The number of thiocarbonyl (C=S) groups is 1. The Morgan fingerprint density at radius 1 is 0.829 bits per heavy atom. The van der Waals surface area contributed by atoms with Crippen LogP contribution in [-0.2, 0) is 0 Å². The fourth-order valence-electron chi connectivity index (χ4n) is 4.05. The van der Waals surface area contributed by atoms with Gasteiger partial charge in [-0.2, -0.15) is 10.2 Å². The van der Waals surface area contributed by atoms with E-state index >= 15 is 0 Å². The van der Waals surface area contributed by atoms with Crippen molar-refractivity contribution in [2.45, 2.75) is 12.5 Å². The molecule has 1 atom stereocenters. The standard InChI is InChI=1S/C29H25N5S/c35-29(31-25-14-8-3-9-15-25)32-30-21-22-16-18-26(19-17-22)34-28(24-12-6-2-7-13-24)20-27(33-34)23-10-4-1-5-11-23/h1-19,21,28H,20H2,(H2,31,32,35). The molecule has 4 aromatic rings. The second-order valence-corrected chi connectivity index (χ2v) is 8.58. The molecule has 1 heterocycles. The van der Waals surface area contributed by atoms with E-state index in [0.717, 1.165) is 34.6 Å². The number of rotatable bonds is 6. The molecular formula is C29H25N5S. The van der Waals surface area contributed by atoms with Gasteiger partial charge >= 0.3 is 0 Å². The second-order valence-electron chi connectivity index (χ2n) is 8.17. The summed E-state index contributed by atoms with van der Waals surface area (Å²) in [5.41, 5.74) is 9.27. The Labute approximate surface area is 210 Å². The average molecular weight is 476 g/mol. The van der Waals surface area contributed by atoms with Gasteiger partial charge in [-0.3, -0.25) is 10.4 Å². The Hall–Kier alpha value is -4.29. The van der Waals surface area contributed by atoms with Gasteiger partial charge < -0.3 is 5.32 Å². The van der Waals surface area contributed by atoms with Gasteiger partial charge in [0.1, 0.15) is 0 Å². The molecule has 0 radical (unpaired) electrons. The lowest BCUT2D eigenvalue weighted by molar-refractivity contribution is 0.709. The van der Waals surface area contributed by atoms with Crippen LogP contribution in [0.2, 0.25) is 0 Å². The van der Waals surface area contributed by atoms with Gasteiger partial charge in [0.2, 0.25) is 0 Å². The molecule has 4 aromatic carbocycles. The summed E-state index contributed by atoms with van der Waals surface area (Å²) in [6.45, 7) is 0. The number of nitrogens with zero attached hydrogens (tertiary/aromatic N) is 3. The lowest BCUT2D eigenvalue weighted by Gasteiger charge is -2.24. The van der Waals surface area contributed by atoms with E-state index in [2.05, 4.69) is 81.5 Å². The van der Waals surface area contributed by atoms with Crippen molar-refractivity contribution in [1.82, 2.24) is 5.43 Å². The molecule has 6 heteroatoms. The van der Waals surface area contributed by atoms with Gasteiger partial charge in [-0.25, -0.2) is 0 Å². The minimum Gasteiger partial charge on any atom is -0.331 e. The average Bonchev–Trinajstić information content (AvgIpc) is 3.36. The number of para-hydroxylation sites is 1. The Morgan fingerprint density at radius 2 is 1.46 bits per heavy atom. The summed E-state index contributed by atoms with van der Waals surface area (Å²) in [6.07, 6.45) is 2.60. The lowest BCUT2D eigenvalue weighted by Crippen LogP contribution is -2.23. The molecule has 0 spiro atoms. The number of hydrogen-bond acceptors (Lipinski definition) is 4. The fourth-order valence-corrected chi connectivity index (χ4v) is 4.22. The maximum absolute atomic E-state index is 5.30. The van der Waals surface area contributed by atoms with Gasteiger partial charge in [0, 0.05) is 12.1 Å². The number of anilines is 2. The van der Waals surface area contributed by atoms with Crippen LogP contribution < -0.4 is 15.8 Å².